The van der Waals surface area contributed by atoms with Crippen LogP contribution in [0.15, 0.2) is 504 Å². The van der Waals surface area contributed by atoms with Crippen LogP contribution in [0, 0.1) is 13.8 Å². The average molecular weight is 1900 g/mol. The highest BCUT2D eigenvalue weighted by atomic mass is 15.2. The van der Waals surface area contributed by atoms with E-state index in [2.05, 4.69) is 363 Å². The Morgan fingerprint density at radius 3 is 0.743 bits per heavy atom. The molecular formula is C133H89N15. The van der Waals surface area contributed by atoms with Crippen molar-refractivity contribution in [3.8, 4) is 137 Å². The van der Waals surface area contributed by atoms with Gasteiger partial charge in [-0.3, -0.25) is 4.57 Å². The monoisotopic (exact) mass is 1900 g/mol. The third-order valence-electron chi connectivity index (χ3n) is 28.5. The molecule has 0 saturated heterocycles. The van der Waals surface area contributed by atoms with Crippen molar-refractivity contribution >= 4 is 120 Å². The molecule has 15 heteroatoms. The molecule has 15 nitrogen and oxygen atoms in total. The van der Waals surface area contributed by atoms with Gasteiger partial charge in [0.1, 0.15) is 0 Å². The zero-order valence-electron chi connectivity index (χ0n) is 80.6. The molecule has 0 aliphatic rings. The molecule has 20 aromatic carbocycles. The van der Waals surface area contributed by atoms with Gasteiger partial charge in [-0.25, -0.2) is 34.9 Å². The summed E-state index contributed by atoms with van der Waals surface area (Å²) >= 11 is 0. The van der Waals surface area contributed by atoms with Gasteiger partial charge in [0.25, 0.3) is 0 Å². The van der Waals surface area contributed by atoms with Crippen LogP contribution in [0.1, 0.15) is 11.3 Å². The van der Waals surface area contributed by atoms with Crippen molar-refractivity contribution in [3.63, 3.8) is 0 Å². The second-order valence-electron chi connectivity index (χ2n) is 37.2. The van der Waals surface area contributed by atoms with Gasteiger partial charge in [0.05, 0.1) is 60.7 Å². The Labute approximate surface area is 851 Å². The van der Waals surface area contributed by atoms with E-state index in [0.717, 1.165) is 111 Å². The van der Waals surface area contributed by atoms with Gasteiger partial charge in [-0.1, -0.05) is 376 Å². The molecular weight excluding hydrogens is 1810 g/mol. The molecule has 0 fully saturated rings. The quantitative estimate of drug-likeness (QED) is 0.0979. The maximum atomic E-state index is 5.08. The Balaban J connectivity index is 0.000000110. The van der Waals surface area contributed by atoms with Crippen molar-refractivity contribution in [1.29, 1.82) is 0 Å². The topological polar surface area (TPSA) is 146 Å². The maximum Gasteiger partial charge on any atom is 0.238 e. The molecule has 0 aliphatic carbocycles. The van der Waals surface area contributed by atoms with Gasteiger partial charge in [0, 0.05) is 138 Å². The van der Waals surface area contributed by atoms with E-state index >= 15 is 0 Å². The third kappa shape index (κ3) is 15.4. The summed E-state index contributed by atoms with van der Waals surface area (Å²) in [5.41, 5.74) is 30.6. The number of rotatable bonds is 15. The van der Waals surface area contributed by atoms with Crippen LogP contribution in [0.25, 0.3) is 257 Å². The van der Waals surface area contributed by atoms with Gasteiger partial charge in [0.2, 0.25) is 5.95 Å². The largest absolute Gasteiger partial charge is 0.314 e. The molecule has 0 saturated carbocycles. The van der Waals surface area contributed by atoms with E-state index in [9.17, 15) is 0 Å². The van der Waals surface area contributed by atoms with Crippen LogP contribution in [0.5, 0.6) is 0 Å². The van der Waals surface area contributed by atoms with E-state index in [4.69, 9.17) is 44.9 Å². The Kier molecular flexibility index (Phi) is 21.6. The molecule has 29 rings (SSSR count). The first kappa shape index (κ1) is 87.0. The van der Waals surface area contributed by atoms with E-state index in [-0.39, 0.29) is 0 Å². The summed E-state index contributed by atoms with van der Waals surface area (Å²) in [5, 5.41) is 13.3. The summed E-state index contributed by atoms with van der Waals surface area (Å²) < 4.78 is 14.1. The molecule has 0 amide bonds. The normalized spacial score (nSPS) is 11.6. The van der Waals surface area contributed by atoms with E-state index in [0.29, 0.717) is 52.5 Å². The van der Waals surface area contributed by atoms with E-state index in [1.165, 1.54) is 104 Å². The first-order valence-corrected chi connectivity index (χ1v) is 49.8. The minimum absolute atomic E-state index is 0.590. The number of hydrogen-bond donors (Lipinski definition) is 0. The van der Waals surface area contributed by atoms with Gasteiger partial charge in [-0.05, 0) is 158 Å². The minimum atomic E-state index is 0.590. The summed E-state index contributed by atoms with van der Waals surface area (Å²) in [6.45, 7) is 4.44. The maximum absolute atomic E-state index is 5.08. The first-order chi connectivity index (χ1) is 73.2. The highest BCUT2D eigenvalue weighted by Gasteiger charge is 2.27. The average Bonchev–Trinajstić information content (AvgIpc) is 1.52. The van der Waals surface area contributed by atoms with Crippen molar-refractivity contribution in [3.05, 3.63) is 515 Å². The fraction of sp³-hybridized carbons (Fsp3) is 0.0150. The number of fused-ring (bicyclic) bond motifs is 17. The summed E-state index contributed by atoms with van der Waals surface area (Å²) in [6.07, 6.45) is 0. The number of benzene rings is 20. The molecule has 696 valence electrons. The zero-order valence-corrected chi connectivity index (χ0v) is 80.6. The van der Waals surface area contributed by atoms with Crippen LogP contribution in [0.3, 0.4) is 0 Å². The molecule has 0 N–H and O–H groups in total. The lowest BCUT2D eigenvalue weighted by Gasteiger charge is -2.14. The molecule has 29 aromatic rings. The fourth-order valence-electron chi connectivity index (χ4n) is 21.6. The molecule has 0 aliphatic heterocycles. The van der Waals surface area contributed by atoms with Crippen LogP contribution in [-0.2, 0) is 0 Å². The zero-order chi connectivity index (χ0) is 98.2. The highest BCUT2D eigenvalue weighted by Crippen LogP contribution is 2.46. The van der Waals surface area contributed by atoms with Gasteiger partial charge >= 0.3 is 0 Å². The van der Waals surface area contributed by atoms with Crippen LogP contribution in [0.2, 0.25) is 0 Å². The van der Waals surface area contributed by atoms with Gasteiger partial charge < -0.3 is 22.8 Å². The first-order valence-electron chi connectivity index (χ1n) is 49.8. The second-order valence-corrected chi connectivity index (χ2v) is 37.2. The Morgan fingerprint density at radius 2 is 0.372 bits per heavy atom. The van der Waals surface area contributed by atoms with Gasteiger partial charge in [-0.2, -0.15) is 9.97 Å². The highest BCUT2D eigenvalue weighted by molar-refractivity contribution is 6.24. The van der Waals surface area contributed by atoms with Crippen LogP contribution >= 0.6 is 0 Å². The lowest BCUT2D eigenvalue weighted by Crippen LogP contribution is -2.06. The Hall–Kier alpha value is -20.0. The number of hydrogen-bond acceptors (Lipinski definition) is 9. The van der Waals surface area contributed by atoms with E-state index in [1.807, 2.05) is 182 Å². The molecule has 9 aromatic heterocycles. The van der Waals surface area contributed by atoms with Crippen molar-refractivity contribution in [2.75, 3.05) is 0 Å². The number of aryl methyl sites for hydroxylation is 1. The Morgan fingerprint density at radius 1 is 0.135 bits per heavy atom. The van der Waals surface area contributed by atoms with Crippen molar-refractivity contribution < 1.29 is 0 Å². The third-order valence-corrected chi connectivity index (χ3v) is 28.5. The smallest absolute Gasteiger partial charge is 0.238 e. The summed E-state index contributed by atoms with van der Waals surface area (Å²) in [7, 11) is 0. The predicted molar refractivity (Wildman–Crippen MR) is 606 cm³/mol. The number of nitrogens with zero attached hydrogens (tertiary/aromatic N) is 15. The minimum Gasteiger partial charge on any atom is -0.314 e. The summed E-state index contributed by atoms with van der Waals surface area (Å²) in [6, 6.07) is 176. The molecule has 0 spiro atoms. The standard InChI is InChI=1S/2C45H29N5.C43H31N5/c1-4-15-30(16-5-1)43-46-44(31-17-6-2-7-18-31)48-45(47-43)32-19-14-22-34(29-32)50-40-26-13-11-24-36(40)38-28-27-37-35-23-10-12-25-39(35)49(41(37)42(38)50)33-20-8-3-9-21-33;1-4-14-30(15-5-1)43-46-44(31-16-6-2-7-17-31)48-45(47-43)50-40-23-13-11-21-36(40)38-29-33(25-27-42(38)50)32-24-26-41-37(28-32)35-20-10-12-22-39(35)49(41)34-18-8-3-9-19-34;1-28-29(2)47(33-20-10-5-11-21-33)39-27-37-35-23-12-13-24-38(35)48(40(37)26-36(28)39)34-22-14-19-32(25-34)43-45-41(30-15-6-3-7-16-30)44-42(46-43)31-17-8-4-9-18-31/h2*1-29H;3-27H,1-2H3. The Bertz CT molecular complexity index is 9990. The molecule has 0 unspecified atom stereocenters. The lowest BCUT2D eigenvalue weighted by molar-refractivity contribution is 0.953. The second kappa shape index (κ2) is 36.8. The van der Waals surface area contributed by atoms with Crippen LogP contribution in [0.4, 0.5) is 0 Å². The molecule has 0 radical (unpaired) electrons. The molecule has 9 heterocycles. The van der Waals surface area contributed by atoms with Crippen molar-refractivity contribution in [1.82, 2.24) is 72.3 Å². The fourth-order valence-corrected chi connectivity index (χ4v) is 21.6. The molecule has 0 atom stereocenters. The summed E-state index contributed by atoms with van der Waals surface area (Å²) in [4.78, 5) is 45.0. The molecule has 0 bridgehead atoms. The SMILES string of the molecule is Cc1c(C)n(-c2ccccc2)c2cc3c4ccccc4n(-c4cccc(-c5nc(-c6ccccc6)nc(-c6ccccc6)n5)c4)c3cc12.c1ccc(-c2nc(-c3ccccc3)nc(-c3cccc(-n4c5ccccc5c5ccc6c7ccccc7n(-c7ccccc7)c6c54)c3)n2)cc1.c1ccc(-c2nc(-c3ccccc3)nc(-n3c4ccccc4c4cc(-c5ccc6c(c5)c5ccccc5n6-c5ccccc5)ccc43)n2)cc1. The number of aromatic nitrogens is 15. The van der Waals surface area contributed by atoms with Gasteiger partial charge in [-0.15, -0.1) is 0 Å². The predicted octanol–water partition coefficient (Wildman–Crippen LogP) is 32.7. The lowest BCUT2D eigenvalue weighted by atomic mass is 10.0. The molecule has 148 heavy (non-hydrogen) atoms. The van der Waals surface area contributed by atoms with Crippen molar-refractivity contribution in [2.24, 2.45) is 0 Å². The van der Waals surface area contributed by atoms with E-state index < -0.39 is 0 Å². The summed E-state index contributed by atoms with van der Waals surface area (Å²) in [5.74, 6) is 5.72. The van der Waals surface area contributed by atoms with Crippen LogP contribution < -0.4 is 0 Å². The number of para-hydroxylation sites is 8. The van der Waals surface area contributed by atoms with Gasteiger partial charge in [0.15, 0.2) is 46.6 Å². The van der Waals surface area contributed by atoms with Crippen molar-refractivity contribution in [2.45, 2.75) is 13.8 Å². The van der Waals surface area contributed by atoms with Crippen LogP contribution in [-0.4, -0.2) is 72.3 Å². The van der Waals surface area contributed by atoms with E-state index in [1.54, 1.807) is 0 Å².